The number of furan rings is 1. The molecule has 0 aliphatic rings. The van der Waals surface area contributed by atoms with E-state index in [4.69, 9.17) is 4.42 Å². The minimum absolute atomic E-state index is 0.821. The van der Waals surface area contributed by atoms with Gasteiger partial charge < -0.3 is 9.73 Å². The average molecular weight is 245 g/mol. The van der Waals surface area contributed by atoms with Crippen LogP contribution < -0.4 is 5.32 Å². The Morgan fingerprint density at radius 2 is 2.17 bits per heavy atom. The molecule has 0 amide bonds. The molecule has 4 nitrogen and oxygen atoms in total. The van der Waals surface area contributed by atoms with Gasteiger partial charge in [0.05, 0.1) is 12.8 Å². The lowest BCUT2D eigenvalue weighted by Gasteiger charge is -2.20. The maximum Gasteiger partial charge on any atom is 0.130 e. The van der Waals surface area contributed by atoms with Gasteiger partial charge in [0, 0.05) is 25.4 Å². The van der Waals surface area contributed by atoms with E-state index in [1.54, 1.807) is 12.5 Å². The van der Waals surface area contributed by atoms with Gasteiger partial charge in [-0.2, -0.15) is 0 Å². The fourth-order valence-corrected chi connectivity index (χ4v) is 1.93. The molecule has 18 heavy (non-hydrogen) atoms. The van der Waals surface area contributed by atoms with Crippen molar-refractivity contribution < 1.29 is 4.42 Å². The Kier molecular flexibility index (Phi) is 4.36. The molecule has 0 aromatic carbocycles. The van der Waals surface area contributed by atoms with E-state index < -0.39 is 0 Å². The van der Waals surface area contributed by atoms with Crippen molar-refractivity contribution in [3.05, 3.63) is 48.0 Å². The summed E-state index contributed by atoms with van der Waals surface area (Å²) in [6.07, 6.45) is 3.52. The lowest BCUT2D eigenvalue weighted by Crippen LogP contribution is -2.22. The average Bonchev–Trinajstić information content (AvgIpc) is 2.91. The lowest BCUT2D eigenvalue weighted by molar-refractivity contribution is 0.248. The van der Waals surface area contributed by atoms with E-state index in [1.165, 1.54) is 5.56 Å². The Labute approximate surface area is 108 Å². The molecule has 0 aliphatic heterocycles. The Bertz CT molecular complexity index is 468. The van der Waals surface area contributed by atoms with Gasteiger partial charge in [0.2, 0.25) is 0 Å². The number of hydrogen-bond donors (Lipinski definition) is 1. The molecule has 0 fully saturated rings. The largest absolute Gasteiger partial charge is 0.468 e. The maximum atomic E-state index is 5.39. The van der Waals surface area contributed by atoms with Crippen LogP contribution in [0.15, 0.2) is 41.1 Å². The Balaban J connectivity index is 2.05. The summed E-state index contributed by atoms with van der Waals surface area (Å²) >= 11 is 0. The van der Waals surface area contributed by atoms with Crippen molar-refractivity contribution in [2.75, 3.05) is 18.9 Å². The smallest absolute Gasteiger partial charge is 0.130 e. The quantitative estimate of drug-likeness (QED) is 0.849. The van der Waals surface area contributed by atoms with E-state index in [9.17, 15) is 0 Å². The molecule has 0 aliphatic carbocycles. The third kappa shape index (κ3) is 3.11. The molecule has 2 rings (SSSR count). The maximum absolute atomic E-state index is 5.39. The van der Waals surface area contributed by atoms with Gasteiger partial charge in [0.15, 0.2) is 0 Å². The van der Waals surface area contributed by atoms with Crippen molar-refractivity contribution in [3.63, 3.8) is 0 Å². The first-order chi connectivity index (χ1) is 8.83. The summed E-state index contributed by atoms with van der Waals surface area (Å²) in [5, 5.41) is 3.12. The summed E-state index contributed by atoms with van der Waals surface area (Å²) in [5.74, 6) is 1.93. The zero-order chi connectivity index (χ0) is 12.8. The van der Waals surface area contributed by atoms with E-state index in [1.807, 2.05) is 25.2 Å². The second-order valence-electron chi connectivity index (χ2n) is 4.14. The minimum Gasteiger partial charge on any atom is -0.468 e. The predicted molar refractivity (Wildman–Crippen MR) is 72.3 cm³/mol. The van der Waals surface area contributed by atoms with Crippen molar-refractivity contribution in [3.8, 4) is 0 Å². The van der Waals surface area contributed by atoms with Gasteiger partial charge in [-0.1, -0.05) is 13.0 Å². The molecule has 0 radical (unpaired) electrons. The first kappa shape index (κ1) is 12.6. The summed E-state index contributed by atoms with van der Waals surface area (Å²) in [6.45, 7) is 4.81. The van der Waals surface area contributed by atoms with Crippen LogP contribution >= 0.6 is 0 Å². The van der Waals surface area contributed by atoms with Crippen LogP contribution in [0.25, 0.3) is 0 Å². The predicted octanol–water partition coefficient (Wildman–Crippen LogP) is 2.74. The third-order valence-electron chi connectivity index (χ3n) is 2.93. The van der Waals surface area contributed by atoms with Crippen molar-refractivity contribution in [2.24, 2.45) is 0 Å². The van der Waals surface area contributed by atoms with Crippen LogP contribution in [-0.4, -0.2) is 23.5 Å². The Morgan fingerprint density at radius 1 is 1.28 bits per heavy atom. The van der Waals surface area contributed by atoms with E-state index in [0.29, 0.717) is 0 Å². The number of anilines is 1. The van der Waals surface area contributed by atoms with Gasteiger partial charge in [0.25, 0.3) is 0 Å². The second kappa shape index (κ2) is 6.21. The highest BCUT2D eigenvalue weighted by Gasteiger charge is 2.09. The van der Waals surface area contributed by atoms with Gasteiger partial charge in [-0.25, -0.2) is 4.98 Å². The monoisotopic (exact) mass is 245 g/mol. The Morgan fingerprint density at radius 3 is 2.83 bits per heavy atom. The molecule has 1 N–H and O–H groups in total. The number of nitrogens with zero attached hydrogens (tertiary/aromatic N) is 2. The SMILES string of the molecule is CCN(Cc1ccco1)Cc1cccnc1NC. The van der Waals surface area contributed by atoms with Crippen LogP contribution in [0.1, 0.15) is 18.2 Å². The lowest BCUT2D eigenvalue weighted by atomic mass is 10.2. The van der Waals surface area contributed by atoms with Gasteiger partial charge in [-0.15, -0.1) is 0 Å². The van der Waals surface area contributed by atoms with E-state index in [2.05, 4.69) is 28.2 Å². The van der Waals surface area contributed by atoms with Crippen LogP contribution in [0.3, 0.4) is 0 Å². The first-order valence-electron chi connectivity index (χ1n) is 6.20. The van der Waals surface area contributed by atoms with E-state index >= 15 is 0 Å². The molecule has 2 aromatic heterocycles. The van der Waals surface area contributed by atoms with Gasteiger partial charge in [0.1, 0.15) is 11.6 Å². The molecule has 0 bridgehead atoms. The minimum atomic E-state index is 0.821. The summed E-state index contributed by atoms with van der Waals surface area (Å²) in [5.41, 5.74) is 1.20. The summed E-state index contributed by atoms with van der Waals surface area (Å²) in [4.78, 5) is 6.64. The standard InChI is InChI=1S/C14H19N3O/c1-3-17(11-13-7-5-9-18-13)10-12-6-4-8-16-14(12)15-2/h4-9H,3,10-11H2,1-2H3,(H,15,16). The third-order valence-corrected chi connectivity index (χ3v) is 2.93. The zero-order valence-electron chi connectivity index (χ0n) is 10.9. The summed E-state index contributed by atoms with van der Waals surface area (Å²) in [7, 11) is 1.90. The summed E-state index contributed by atoms with van der Waals surface area (Å²) in [6, 6.07) is 8.00. The molecular formula is C14H19N3O. The van der Waals surface area contributed by atoms with Crippen LogP contribution in [0.4, 0.5) is 5.82 Å². The molecular weight excluding hydrogens is 226 g/mol. The molecule has 0 spiro atoms. The first-order valence-corrected chi connectivity index (χ1v) is 6.20. The molecule has 0 saturated heterocycles. The number of pyridine rings is 1. The van der Waals surface area contributed by atoms with Crippen molar-refractivity contribution >= 4 is 5.82 Å². The molecule has 4 heteroatoms. The number of rotatable bonds is 6. The van der Waals surface area contributed by atoms with Gasteiger partial charge in [-0.05, 0) is 24.7 Å². The highest BCUT2D eigenvalue weighted by Crippen LogP contribution is 2.15. The number of hydrogen-bond acceptors (Lipinski definition) is 4. The molecule has 0 saturated carbocycles. The van der Waals surface area contributed by atoms with Crippen molar-refractivity contribution in [2.45, 2.75) is 20.0 Å². The molecule has 2 heterocycles. The van der Waals surface area contributed by atoms with Gasteiger partial charge in [-0.3, -0.25) is 4.90 Å². The fourth-order valence-electron chi connectivity index (χ4n) is 1.93. The Hall–Kier alpha value is -1.81. The van der Waals surface area contributed by atoms with Crippen LogP contribution in [0, 0.1) is 0 Å². The normalized spacial score (nSPS) is 10.8. The van der Waals surface area contributed by atoms with Crippen molar-refractivity contribution in [1.82, 2.24) is 9.88 Å². The highest BCUT2D eigenvalue weighted by atomic mass is 16.3. The summed E-state index contributed by atoms with van der Waals surface area (Å²) < 4.78 is 5.39. The molecule has 0 unspecified atom stereocenters. The van der Waals surface area contributed by atoms with Crippen LogP contribution in [0.2, 0.25) is 0 Å². The van der Waals surface area contributed by atoms with Crippen LogP contribution in [-0.2, 0) is 13.1 Å². The molecule has 0 atom stereocenters. The van der Waals surface area contributed by atoms with Crippen molar-refractivity contribution in [1.29, 1.82) is 0 Å². The fraction of sp³-hybridized carbons (Fsp3) is 0.357. The second-order valence-corrected chi connectivity index (χ2v) is 4.14. The van der Waals surface area contributed by atoms with Crippen LogP contribution in [0.5, 0.6) is 0 Å². The van der Waals surface area contributed by atoms with E-state index in [-0.39, 0.29) is 0 Å². The van der Waals surface area contributed by atoms with E-state index in [0.717, 1.165) is 31.2 Å². The number of nitrogens with one attached hydrogen (secondary N) is 1. The molecule has 96 valence electrons. The number of aromatic nitrogens is 1. The zero-order valence-corrected chi connectivity index (χ0v) is 10.9. The highest BCUT2D eigenvalue weighted by molar-refractivity contribution is 5.42. The molecule has 2 aromatic rings. The van der Waals surface area contributed by atoms with Gasteiger partial charge >= 0.3 is 0 Å². The topological polar surface area (TPSA) is 41.3 Å².